The quantitative estimate of drug-likeness (QED) is 0.582. The number of anilines is 1. The van der Waals surface area contributed by atoms with Gasteiger partial charge in [-0.2, -0.15) is 0 Å². The van der Waals surface area contributed by atoms with Crippen molar-refractivity contribution in [3.8, 4) is 11.5 Å². The average Bonchev–Trinajstić information content (AvgIpc) is 2.88. The maximum absolute atomic E-state index is 13.2. The van der Waals surface area contributed by atoms with Crippen LogP contribution in [0.5, 0.6) is 11.5 Å². The molecule has 0 radical (unpaired) electrons. The number of likely N-dealkylation sites (tertiary alicyclic amines) is 1. The fraction of sp³-hybridized carbons (Fsp3) is 0.286. The molecular formula is C28H28FN3O3. The highest BCUT2D eigenvalue weighted by Crippen LogP contribution is 2.42. The second kappa shape index (κ2) is 9.50. The summed E-state index contributed by atoms with van der Waals surface area (Å²) in [5, 5.41) is 2.87. The molecule has 1 fully saturated rings. The molecule has 0 saturated carbocycles. The number of aliphatic imine (C=N–C) groups is 1. The van der Waals surface area contributed by atoms with E-state index in [1.165, 1.54) is 29.8 Å². The molecule has 2 aliphatic heterocycles. The topological polar surface area (TPSA) is 63.2 Å². The maximum Gasteiger partial charge on any atom is 0.255 e. The molecular weight excluding hydrogens is 445 g/mol. The van der Waals surface area contributed by atoms with Crippen LogP contribution < -0.4 is 14.8 Å². The molecule has 2 heterocycles. The van der Waals surface area contributed by atoms with Crippen molar-refractivity contribution in [3.05, 3.63) is 88.7 Å². The van der Waals surface area contributed by atoms with Gasteiger partial charge in [-0.25, -0.2) is 4.39 Å². The van der Waals surface area contributed by atoms with Gasteiger partial charge < -0.3 is 19.7 Å². The molecule has 2 atom stereocenters. The molecule has 3 aromatic carbocycles. The van der Waals surface area contributed by atoms with Crippen molar-refractivity contribution >= 4 is 17.3 Å². The first-order valence-corrected chi connectivity index (χ1v) is 11.7. The lowest BCUT2D eigenvalue weighted by Crippen LogP contribution is -2.41. The normalized spacial score (nSPS) is 19.3. The van der Waals surface area contributed by atoms with Crippen LogP contribution in [0.25, 0.3) is 0 Å². The van der Waals surface area contributed by atoms with E-state index in [-0.39, 0.29) is 17.8 Å². The van der Waals surface area contributed by atoms with Crippen LogP contribution in [0.1, 0.15) is 39.4 Å². The Balaban J connectivity index is 1.47. The van der Waals surface area contributed by atoms with Gasteiger partial charge in [0, 0.05) is 34.8 Å². The van der Waals surface area contributed by atoms with Gasteiger partial charge in [0.2, 0.25) is 0 Å². The third kappa shape index (κ3) is 4.51. The van der Waals surface area contributed by atoms with Crippen LogP contribution in [0.2, 0.25) is 0 Å². The van der Waals surface area contributed by atoms with Crippen LogP contribution in [0.3, 0.4) is 0 Å². The summed E-state index contributed by atoms with van der Waals surface area (Å²) in [4.78, 5) is 20.0. The molecule has 1 amide bonds. The SMILES string of the molecule is COc1cc2c(cc1OC)C1CN(C)CCC1N=C2c1ccc(NC(=O)c2ccc(F)cc2)cc1. The van der Waals surface area contributed by atoms with Gasteiger partial charge in [-0.05, 0) is 74.1 Å². The van der Waals surface area contributed by atoms with E-state index in [1.807, 2.05) is 30.3 Å². The second-order valence-electron chi connectivity index (χ2n) is 9.04. The van der Waals surface area contributed by atoms with E-state index in [0.29, 0.717) is 22.9 Å². The number of likely N-dealkylation sites (N-methyl/N-ethyl adjacent to an activating group) is 1. The number of nitrogens with zero attached hydrogens (tertiary/aromatic N) is 2. The van der Waals surface area contributed by atoms with Crippen molar-refractivity contribution in [1.29, 1.82) is 0 Å². The van der Waals surface area contributed by atoms with Gasteiger partial charge in [0.15, 0.2) is 11.5 Å². The first kappa shape index (κ1) is 23.1. The average molecular weight is 474 g/mol. The lowest BCUT2D eigenvalue weighted by atomic mass is 9.79. The number of nitrogens with one attached hydrogen (secondary N) is 1. The van der Waals surface area contributed by atoms with E-state index in [1.54, 1.807) is 14.2 Å². The summed E-state index contributed by atoms with van der Waals surface area (Å²) in [7, 11) is 5.44. The first-order chi connectivity index (χ1) is 17.0. The lowest BCUT2D eigenvalue weighted by Gasteiger charge is -2.39. The molecule has 0 aromatic heterocycles. The molecule has 3 aromatic rings. The number of hydrogen-bond donors (Lipinski definition) is 1. The van der Waals surface area contributed by atoms with Crippen LogP contribution in [-0.2, 0) is 0 Å². The summed E-state index contributed by atoms with van der Waals surface area (Å²) in [5.41, 5.74) is 5.21. The lowest BCUT2D eigenvalue weighted by molar-refractivity contribution is 0.102. The Morgan fingerprint density at radius 2 is 1.71 bits per heavy atom. The summed E-state index contributed by atoms with van der Waals surface area (Å²) >= 11 is 0. The maximum atomic E-state index is 13.2. The number of ether oxygens (including phenoxy) is 2. The highest BCUT2D eigenvalue weighted by atomic mass is 19.1. The standard InChI is InChI=1S/C28H28FN3O3/c1-32-13-12-24-23(16-32)21-14-25(34-2)26(35-3)15-22(21)27(31-24)17-6-10-20(11-7-17)30-28(33)18-4-8-19(29)9-5-18/h4-11,14-15,23-24H,12-13,16H2,1-3H3,(H,30,33). The molecule has 1 saturated heterocycles. The fourth-order valence-corrected chi connectivity index (χ4v) is 4.95. The largest absolute Gasteiger partial charge is 0.493 e. The summed E-state index contributed by atoms with van der Waals surface area (Å²) in [6, 6.07) is 17.4. The van der Waals surface area contributed by atoms with Crippen molar-refractivity contribution in [2.45, 2.75) is 18.4 Å². The summed E-state index contributed by atoms with van der Waals surface area (Å²) in [5.74, 6) is 1.02. The molecule has 1 N–H and O–H groups in total. The molecule has 2 aliphatic rings. The third-order valence-electron chi connectivity index (χ3n) is 6.81. The predicted molar refractivity (Wildman–Crippen MR) is 135 cm³/mol. The van der Waals surface area contributed by atoms with Crippen LogP contribution in [0, 0.1) is 5.82 Å². The van der Waals surface area contributed by atoms with Gasteiger partial charge in [-0.3, -0.25) is 9.79 Å². The van der Waals surface area contributed by atoms with Gasteiger partial charge in [0.1, 0.15) is 5.82 Å². The number of amides is 1. The van der Waals surface area contributed by atoms with Gasteiger partial charge in [0.25, 0.3) is 5.91 Å². The van der Waals surface area contributed by atoms with Crippen LogP contribution in [0.4, 0.5) is 10.1 Å². The highest BCUT2D eigenvalue weighted by Gasteiger charge is 2.36. The zero-order valence-electron chi connectivity index (χ0n) is 20.0. The molecule has 35 heavy (non-hydrogen) atoms. The Labute approximate surface area is 204 Å². The number of halogens is 1. The fourth-order valence-electron chi connectivity index (χ4n) is 4.95. The highest BCUT2D eigenvalue weighted by molar-refractivity contribution is 6.15. The summed E-state index contributed by atoms with van der Waals surface area (Å²) in [6.45, 7) is 1.95. The number of benzene rings is 3. The minimum Gasteiger partial charge on any atom is -0.493 e. The van der Waals surface area contributed by atoms with Crippen LogP contribution in [-0.4, -0.2) is 56.9 Å². The van der Waals surface area contributed by atoms with E-state index < -0.39 is 0 Å². The van der Waals surface area contributed by atoms with Crippen molar-refractivity contribution in [2.24, 2.45) is 4.99 Å². The zero-order chi connectivity index (χ0) is 24.5. The van der Waals surface area contributed by atoms with Crippen molar-refractivity contribution in [3.63, 3.8) is 0 Å². The van der Waals surface area contributed by atoms with Crippen molar-refractivity contribution in [1.82, 2.24) is 4.90 Å². The van der Waals surface area contributed by atoms with Gasteiger partial charge in [-0.15, -0.1) is 0 Å². The van der Waals surface area contributed by atoms with Crippen molar-refractivity contribution in [2.75, 3.05) is 39.7 Å². The van der Waals surface area contributed by atoms with Gasteiger partial charge >= 0.3 is 0 Å². The monoisotopic (exact) mass is 473 g/mol. The van der Waals surface area contributed by atoms with Crippen LogP contribution in [0.15, 0.2) is 65.7 Å². The molecule has 0 aliphatic carbocycles. The van der Waals surface area contributed by atoms with E-state index in [0.717, 1.165) is 42.1 Å². The molecule has 0 bridgehead atoms. The Morgan fingerprint density at radius 1 is 1.03 bits per heavy atom. The number of carbonyl (C=O) groups is 1. The number of methoxy groups -OCH3 is 2. The Morgan fingerprint density at radius 3 is 2.40 bits per heavy atom. The number of carbonyl (C=O) groups excluding carboxylic acids is 1. The van der Waals surface area contributed by atoms with Gasteiger partial charge in [-0.1, -0.05) is 12.1 Å². The second-order valence-corrected chi connectivity index (χ2v) is 9.04. The van der Waals surface area contributed by atoms with Crippen molar-refractivity contribution < 1.29 is 18.7 Å². The molecule has 180 valence electrons. The minimum atomic E-state index is -0.374. The number of piperidine rings is 1. The Hall–Kier alpha value is -3.71. The summed E-state index contributed by atoms with van der Waals surface area (Å²) in [6.07, 6.45) is 0.990. The molecule has 0 spiro atoms. The Kier molecular flexibility index (Phi) is 6.26. The van der Waals surface area contributed by atoms with E-state index in [4.69, 9.17) is 14.5 Å². The predicted octanol–water partition coefficient (Wildman–Crippen LogP) is 4.73. The third-order valence-corrected chi connectivity index (χ3v) is 6.81. The molecule has 2 unspecified atom stereocenters. The number of hydrogen-bond acceptors (Lipinski definition) is 5. The van der Waals surface area contributed by atoms with E-state index in [2.05, 4.69) is 23.3 Å². The number of rotatable bonds is 5. The summed E-state index contributed by atoms with van der Waals surface area (Å²) < 4.78 is 24.4. The Bertz CT molecular complexity index is 1270. The molecule has 6 nitrogen and oxygen atoms in total. The smallest absolute Gasteiger partial charge is 0.255 e. The molecule has 7 heteroatoms. The van der Waals surface area contributed by atoms with E-state index >= 15 is 0 Å². The first-order valence-electron chi connectivity index (χ1n) is 11.7. The van der Waals surface area contributed by atoms with Gasteiger partial charge in [0.05, 0.1) is 26.0 Å². The zero-order valence-corrected chi connectivity index (χ0v) is 20.0. The number of fused-ring (bicyclic) bond motifs is 3. The van der Waals surface area contributed by atoms with Crippen LogP contribution >= 0.6 is 0 Å². The van der Waals surface area contributed by atoms with E-state index in [9.17, 15) is 9.18 Å². The minimum absolute atomic E-state index is 0.199. The molecule has 5 rings (SSSR count).